The van der Waals surface area contributed by atoms with Gasteiger partial charge in [0.05, 0.1) is 12.6 Å². The van der Waals surface area contributed by atoms with Crippen molar-refractivity contribution in [2.45, 2.75) is 18.9 Å². The van der Waals surface area contributed by atoms with Crippen LogP contribution in [0.4, 0.5) is 0 Å². The van der Waals surface area contributed by atoms with Gasteiger partial charge in [-0.3, -0.25) is 4.99 Å². The summed E-state index contributed by atoms with van der Waals surface area (Å²) in [6.07, 6.45) is 10.4. The topological polar surface area (TPSA) is 37.1 Å². The maximum Gasteiger partial charge on any atom is 0.0792 e. The van der Waals surface area contributed by atoms with Crippen molar-refractivity contribution in [3.8, 4) is 0 Å². The predicted molar refractivity (Wildman–Crippen MR) is 55.4 cm³/mol. The second kappa shape index (κ2) is 3.15. The van der Waals surface area contributed by atoms with Crippen LogP contribution in [0.2, 0.25) is 0 Å². The van der Waals surface area contributed by atoms with Crippen molar-refractivity contribution >= 4 is 6.21 Å². The minimum absolute atomic E-state index is 0.456. The van der Waals surface area contributed by atoms with E-state index in [2.05, 4.69) is 27.4 Å². The van der Waals surface area contributed by atoms with E-state index in [9.17, 15) is 0 Å². The summed E-state index contributed by atoms with van der Waals surface area (Å²) in [5.74, 6) is 1.27. The Labute approximate surface area is 83.3 Å². The van der Waals surface area contributed by atoms with E-state index < -0.39 is 0 Å². The van der Waals surface area contributed by atoms with Crippen LogP contribution in [0, 0.1) is 11.8 Å². The molecular weight excluding hydrogens is 174 g/mol. The van der Waals surface area contributed by atoms with Crippen molar-refractivity contribution in [1.29, 1.82) is 0 Å². The van der Waals surface area contributed by atoms with E-state index in [0.717, 1.165) is 13.0 Å². The lowest BCUT2D eigenvalue weighted by Gasteiger charge is -2.29. The molecule has 72 valence electrons. The Morgan fingerprint density at radius 2 is 2.36 bits per heavy atom. The third-order valence-corrected chi connectivity index (χ3v) is 3.35. The molecule has 2 heterocycles. The molecule has 3 rings (SSSR count). The maximum atomic E-state index is 4.29. The van der Waals surface area contributed by atoms with Gasteiger partial charge in [-0.1, -0.05) is 11.6 Å². The normalized spacial score (nSPS) is 38.9. The standard InChI is InChI=1S/C11H13N3/c1-3-12-4-2-9-6-11-10(5-8(1)9)7-13-14-11/h1-4,8,10-11H,5-7H2. The summed E-state index contributed by atoms with van der Waals surface area (Å²) in [7, 11) is 0. The van der Waals surface area contributed by atoms with E-state index in [4.69, 9.17) is 0 Å². The molecule has 3 nitrogen and oxygen atoms in total. The number of hydrogen-bond acceptors (Lipinski definition) is 3. The zero-order valence-corrected chi connectivity index (χ0v) is 8.00. The number of fused-ring (bicyclic) bond motifs is 2. The van der Waals surface area contributed by atoms with E-state index in [-0.39, 0.29) is 0 Å². The third-order valence-electron chi connectivity index (χ3n) is 3.35. The summed E-state index contributed by atoms with van der Waals surface area (Å²) in [5, 5.41) is 8.44. The van der Waals surface area contributed by atoms with E-state index in [0.29, 0.717) is 17.9 Å². The molecule has 14 heavy (non-hydrogen) atoms. The summed E-state index contributed by atoms with van der Waals surface area (Å²) < 4.78 is 0. The highest BCUT2D eigenvalue weighted by Crippen LogP contribution is 2.39. The average Bonchev–Trinajstić information content (AvgIpc) is 2.51. The van der Waals surface area contributed by atoms with Crippen LogP contribution in [0.1, 0.15) is 12.8 Å². The van der Waals surface area contributed by atoms with Crippen LogP contribution in [-0.4, -0.2) is 18.8 Å². The van der Waals surface area contributed by atoms with Gasteiger partial charge in [0.1, 0.15) is 0 Å². The first-order valence-electron chi connectivity index (χ1n) is 5.19. The molecule has 1 aliphatic carbocycles. The van der Waals surface area contributed by atoms with Gasteiger partial charge in [-0.05, 0) is 18.9 Å². The number of aliphatic imine (C=N–C) groups is 1. The first-order valence-corrected chi connectivity index (χ1v) is 5.19. The predicted octanol–water partition coefficient (Wildman–Crippen LogP) is 2.37. The van der Waals surface area contributed by atoms with E-state index in [1.807, 2.05) is 12.4 Å². The quantitative estimate of drug-likeness (QED) is 0.558. The van der Waals surface area contributed by atoms with E-state index in [1.54, 1.807) is 0 Å². The van der Waals surface area contributed by atoms with Gasteiger partial charge in [0, 0.05) is 24.3 Å². The number of allylic oxidation sites excluding steroid dienone is 2. The number of hydrogen-bond donors (Lipinski definition) is 0. The van der Waals surface area contributed by atoms with Gasteiger partial charge in [-0.25, -0.2) is 0 Å². The molecule has 0 amide bonds. The van der Waals surface area contributed by atoms with Gasteiger partial charge >= 0.3 is 0 Å². The Kier molecular flexibility index (Phi) is 1.82. The maximum absolute atomic E-state index is 4.29. The number of rotatable bonds is 0. The lowest BCUT2D eigenvalue weighted by atomic mass is 9.75. The minimum atomic E-state index is 0.456. The van der Waals surface area contributed by atoms with Gasteiger partial charge in [-0.15, -0.1) is 0 Å². The second-order valence-corrected chi connectivity index (χ2v) is 4.19. The van der Waals surface area contributed by atoms with Crippen molar-refractivity contribution in [3.05, 3.63) is 23.9 Å². The Hall–Kier alpha value is -1.25. The lowest BCUT2D eigenvalue weighted by Crippen LogP contribution is -2.27. The Balaban J connectivity index is 1.89. The fourth-order valence-corrected chi connectivity index (χ4v) is 2.52. The van der Waals surface area contributed by atoms with E-state index in [1.165, 1.54) is 12.0 Å². The summed E-state index contributed by atoms with van der Waals surface area (Å²) in [5.41, 5.74) is 1.48. The van der Waals surface area contributed by atoms with Crippen LogP contribution in [0.15, 0.2) is 39.1 Å². The van der Waals surface area contributed by atoms with Gasteiger partial charge < -0.3 is 0 Å². The average molecular weight is 187 g/mol. The Bertz CT molecular complexity index is 352. The van der Waals surface area contributed by atoms with Gasteiger partial charge in [-0.2, -0.15) is 10.2 Å². The van der Waals surface area contributed by atoms with Gasteiger partial charge in [0.15, 0.2) is 0 Å². The molecule has 2 aliphatic heterocycles. The van der Waals surface area contributed by atoms with Crippen LogP contribution in [0.25, 0.3) is 0 Å². The molecule has 3 heteroatoms. The molecule has 3 atom stereocenters. The second-order valence-electron chi connectivity index (χ2n) is 4.19. The van der Waals surface area contributed by atoms with Crippen molar-refractivity contribution in [2.75, 3.05) is 6.54 Å². The summed E-state index contributed by atoms with van der Waals surface area (Å²) in [4.78, 5) is 4.15. The highest BCUT2D eigenvalue weighted by Gasteiger charge is 2.35. The SMILES string of the molecule is C1=CC2CC3CN=NC3CC2=CC=N1. The molecule has 0 aromatic heterocycles. The molecule has 3 aliphatic rings. The minimum Gasteiger partial charge on any atom is -0.265 e. The lowest BCUT2D eigenvalue weighted by molar-refractivity contribution is 0.360. The van der Waals surface area contributed by atoms with Crippen LogP contribution in [0.5, 0.6) is 0 Å². The van der Waals surface area contributed by atoms with Crippen molar-refractivity contribution in [3.63, 3.8) is 0 Å². The molecule has 0 spiro atoms. The Morgan fingerprint density at radius 1 is 1.36 bits per heavy atom. The molecule has 0 aromatic carbocycles. The zero-order valence-electron chi connectivity index (χ0n) is 8.00. The molecule has 0 saturated heterocycles. The van der Waals surface area contributed by atoms with Gasteiger partial charge in [0.2, 0.25) is 0 Å². The molecule has 0 N–H and O–H groups in total. The van der Waals surface area contributed by atoms with Crippen LogP contribution >= 0.6 is 0 Å². The molecule has 1 fully saturated rings. The molecule has 0 radical (unpaired) electrons. The van der Waals surface area contributed by atoms with Crippen molar-refractivity contribution in [1.82, 2.24) is 0 Å². The Morgan fingerprint density at radius 3 is 3.36 bits per heavy atom. The fraction of sp³-hybridized carbons (Fsp3) is 0.545. The van der Waals surface area contributed by atoms with Crippen molar-refractivity contribution in [2.24, 2.45) is 27.1 Å². The highest BCUT2D eigenvalue weighted by molar-refractivity contribution is 5.73. The monoisotopic (exact) mass is 187 g/mol. The zero-order chi connectivity index (χ0) is 9.38. The van der Waals surface area contributed by atoms with Crippen LogP contribution < -0.4 is 0 Å². The van der Waals surface area contributed by atoms with Gasteiger partial charge in [0.25, 0.3) is 0 Å². The smallest absolute Gasteiger partial charge is 0.0792 e. The number of nitrogens with zero attached hydrogens (tertiary/aromatic N) is 3. The summed E-state index contributed by atoms with van der Waals surface area (Å²) in [6.45, 7) is 0.934. The van der Waals surface area contributed by atoms with Crippen molar-refractivity contribution < 1.29 is 0 Å². The molecular formula is C11H13N3. The molecule has 0 bridgehead atoms. The van der Waals surface area contributed by atoms with Crippen LogP contribution in [0.3, 0.4) is 0 Å². The van der Waals surface area contributed by atoms with Crippen LogP contribution in [-0.2, 0) is 0 Å². The summed E-state index contributed by atoms with van der Waals surface area (Å²) in [6, 6.07) is 0.456. The molecule has 1 saturated carbocycles. The number of azo groups is 1. The molecule has 0 aromatic rings. The third kappa shape index (κ3) is 1.24. The summed E-state index contributed by atoms with van der Waals surface area (Å²) >= 11 is 0. The van der Waals surface area contributed by atoms with E-state index >= 15 is 0 Å². The first kappa shape index (κ1) is 8.09. The largest absolute Gasteiger partial charge is 0.265 e. The molecule has 3 unspecified atom stereocenters. The first-order chi connectivity index (χ1) is 6.93. The highest BCUT2D eigenvalue weighted by atomic mass is 15.2. The fourth-order valence-electron chi connectivity index (χ4n) is 2.52.